The number of carboxylic acids is 1. The molecule has 0 unspecified atom stereocenters. The van der Waals surface area contributed by atoms with E-state index in [0.29, 0.717) is 0 Å². The van der Waals surface area contributed by atoms with Gasteiger partial charge in [0.05, 0.1) is 5.56 Å². The van der Waals surface area contributed by atoms with Gasteiger partial charge in [0, 0.05) is 5.56 Å². The molecule has 1 aromatic carbocycles. The van der Waals surface area contributed by atoms with E-state index in [2.05, 4.69) is 0 Å². The van der Waals surface area contributed by atoms with Crippen LogP contribution in [-0.4, -0.2) is 21.3 Å². The minimum Gasteiger partial charge on any atom is -0.478 e. The predicted octanol–water partition coefficient (Wildman–Crippen LogP) is -2.96. The van der Waals surface area contributed by atoms with Crippen molar-refractivity contribution in [2.24, 2.45) is 0 Å². The first kappa shape index (κ1) is 15.6. The van der Waals surface area contributed by atoms with Crippen molar-refractivity contribution in [2.75, 3.05) is 0 Å². The molecular formula is C8H7NaO6S. The Labute approximate surface area is 115 Å². The molecule has 0 fully saturated rings. The fourth-order valence-electron chi connectivity index (χ4n) is 0.991. The summed E-state index contributed by atoms with van der Waals surface area (Å²) in [5.74, 6) is -1.34. The van der Waals surface area contributed by atoms with E-state index in [9.17, 15) is 13.2 Å². The fourth-order valence-corrected chi connectivity index (χ4v) is 1.45. The Hall–Kier alpha value is -0.440. The summed E-state index contributed by atoms with van der Waals surface area (Å²) in [4.78, 5) is 10.3. The van der Waals surface area contributed by atoms with E-state index in [1.54, 1.807) is 0 Å². The molecule has 0 radical (unpaired) electrons. The zero-order valence-electron chi connectivity index (χ0n) is 8.28. The topological polar surface area (TPSA) is 112 Å². The molecule has 0 bridgehead atoms. The second-order valence-electron chi connectivity index (χ2n) is 2.70. The van der Waals surface area contributed by atoms with Crippen molar-refractivity contribution in [3.05, 3.63) is 29.3 Å². The Morgan fingerprint density at radius 3 is 2.12 bits per heavy atom. The number of benzene rings is 1. The van der Waals surface area contributed by atoms with Crippen molar-refractivity contribution < 1.29 is 58.1 Å². The normalized spacial score (nSPS) is 10.2. The van der Waals surface area contributed by atoms with E-state index >= 15 is 0 Å². The Balaban J connectivity index is 0.00000225. The molecule has 0 aromatic heterocycles. The molecule has 1 aromatic rings. The molecule has 0 saturated heterocycles. The Kier molecular flexibility index (Phi) is 6.16. The molecule has 16 heavy (non-hydrogen) atoms. The van der Waals surface area contributed by atoms with Crippen molar-refractivity contribution in [1.82, 2.24) is 0 Å². The molecule has 82 valence electrons. The maximum atomic E-state index is 10.6. The van der Waals surface area contributed by atoms with Crippen LogP contribution in [0.1, 0.15) is 22.2 Å². The fraction of sp³-hybridized carbons (Fsp3) is 0.125. The maximum Gasteiger partial charge on any atom is 1.00 e. The molecule has 0 aliphatic heterocycles. The van der Waals surface area contributed by atoms with Crippen LogP contribution >= 0.6 is 0 Å². The van der Waals surface area contributed by atoms with Crippen LogP contribution in [0.4, 0.5) is 0 Å². The van der Waals surface area contributed by atoms with Gasteiger partial charge in [0.2, 0.25) is 0 Å². The van der Waals surface area contributed by atoms with Crippen molar-refractivity contribution in [3.63, 3.8) is 0 Å². The molecular weight excluding hydrogens is 247 g/mol. The van der Waals surface area contributed by atoms with Crippen LogP contribution in [0, 0.1) is 0 Å². The van der Waals surface area contributed by atoms with Crippen LogP contribution in [0.5, 0.6) is 0 Å². The monoisotopic (exact) mass is 254 g/mol. The Bertz CT molecular complexity index is 460. The molecule has 0 spiro atoms. The number of aliphatic hydroxyl groups is 2. The van der Waals surface area contributed by atoms with Gasteiger partial charge in [-0.15, -0.1) is 0 Å². The van der Waals surface area contributed by atoms with Gasteiger partial charge >= 0.3 is 35.5 Å². The van der Waals surface area contributed by atoms with Crippen molar-refractivity contribution >= 4 is 16.7 Å². The third kappa shape index (κ3) is 3.85. The van der Waals surface area contributed by atoms with Gasteiger partial charge in [0.15, 0.2) is 6.29 Å². The first-order valence-corrected chi connectivity index (χ1v) is 4.83. The molecule has 0 aliphatic carbocycles. The van der Waals surface area contributed by atoms with Crippen molar-refractivity contribution in [2.45, 2.75) is 11.2 Å². The second-order valence-corrected chi connectivity index (χ2v) is 3.65. The minimum absolute atomic E-state index is 0. The molecule has 3 N–H and O–H groups in total. The number of rotatable bonds is 3. The van der Waals surface area contributed by atoms with Gasteiger partial charge < -0.3 is 23.7 Å². The molecule has 6 nitrogen and oxygen atoms in total. The quantitative estimate of drug-likeness (QED) is 0.302. The van der Waals surface area contributed by atoms with E-state index in [1.165, 1.54) is 0 Å². The van der Waals surface area contributed by atoms with Crippen LogP contribution in [0.15, 0.2) is 23.1 Å². The minimum atomic E-state index is -2.62. The number of aromatic carboxylic acids is 1. The summed E-state index contributed by atoms with van der Waals surface area (Å²) in [6, 6.07) is 2.90. The average Bonchev–Trinajstić information content (AvgIpc) is 2.16. The van der Waals surface area contributed by atoms with Gasteiger partial charge in [-0.05, 0) is 16.8 Å². The zero-order valence-corrected chi connectivity index (χ0v) is 11.1. The van der Waals surface area contributed by atoms with Gasteiger partial charge in [-0.2, -0.15) is 0 Å². The summed E-state index contributed by atoms with van der Waals surface area (Å²) in [5.41, 5.74) is -0.506. The molecule has 0 saturated carbocycles. The van der Waals surface area contributed by atoms with Crippen LogP contribution in [0.3, 0.4) is 0 Å². The first-order chi connectivity index (χ1) is 6.91. The van der Waals surface area contributed by atoms with Crippen LogP contribution in [-0.2, 0) is 19.1 Å². The van der Waals surface area contributed by atoms with Gasteiger partial charge in [0.1, 0.15) is 0 Å². The van der Waals surface area contributed by atoms with Crippen LogP contribution < -0.4 is 29.6 Å². The molecule has 0 aliphatic rings. The number of hydrogen-bond donors (Lipinski definition) is 3. The first-order valence-electron chi connectivity index (χ1n) is 3.75. The van der Waals surface area contributed by atoms with Gasteiger partial charge in [0.25, 0.3) is 0 Å². The molecule has 0 amide bonds. The predicted molar refractivity (Wildman–Crippen MR) is 47.6 cm³/mol. The summed E-state index contributed by atoms with van der Waals surface area (Å²) in [7, 11) is -2.62. The van der Waals surface area contributed by atoms with Gasteiger partial charge in [-0.25, -0.2) is 4.79 Å². The van der Waals surface area contributed by atoms with Crippen LogP contribution in [0.25, 0.3) is 0 Å². The maximum absolute atomic E-state index is 10.6. The Morgan fingerprint density at radius 2 is 1.75 bits per heavy atom. The van der Waals surface area contributed by atoms with Gasteiger partial charge in [-0.3, -0.25) is 0 Å². The van der Waals surface area contributed by atoms with E-state index < -0.39 is 23.0 Å². The summed E-state index contributed by atoms with van der Waals surface area (Å²) < 4.78 is 21.2. The van der Waals surface area contributed by atoms with Gasteiger partial charge in [-0.1, -0.05) is 17.0 Å². The summed E-state index contributed by atoms with van der Waals surface area (Å²) in [5, 5.41) is 26.2. The number of hydrogen-bond acceptors (Lipinski definition) is 6. The standard InChI is InChI=1S/C8H7O6S.Na/c9-7(10)4-1-5(8(11)12)3-6(2-4)15(13)14;/h1-3,7,9-10H,(H,11,12);/q-1;+1. The molecule has 1 rings (SSSR count). The number of carboxylic acid groups (broad SMARTS) is 1. The van der Waals surface area contributed by atoms with E-state index in [-0.39, 0.29) is 45.6 Å². The summed E-state index contributed by atoms with van der Waals surface area (Å²) >= 11 is 0. The van der Waals surface area contributed by atoms with Crippen molar-refractivity contribution in [1.29, 1.82) is 0 Å². The van der Waals surface area contributed by atoms with E-state index in [0.717, 1.165) is 18.2 Å². The molecule has 0 atom stereocenters. The summed E-state index contributed by atoms with van der Waals surface area (Å²) in [6.45, 7) is 0. The number of aliphatic hydroxyl groups excluding tert-OH is 1. The molecule has 8 heteroatoms. The summed E-state index contributed by atoms with van der Waals surface area (Å²) in [6.07, 6.45) is -1.91. The average molecular weight is 254 g/mol. The zero-order chi connectivity index (χ0) is 11.6. The third-order valence-electron chi connectivity index (χ3n) is 1.67. The SMILES string of the molecule is O=C(O)c1cc(C(O)O)cc([S-](=O)=O)c1.[Na+]. The number of carbonyl (C=O) groups is 1. The Morgan fingerprint density at radius 1 is 1.19 bits per heavy atom. The second kappa shape index (κ2) is 6.33. The van der Waals surface area contributed by atoms with Crippen LogP contribution in [0.2, 0.25) is 0 Å². The van der Waals surface area contributed by atoms with E-state index in [1.807, 2.05) is 0 Å². The third-order valence-corrected chi connectivity index (χ3v) is 2.29. The smallest absolute Gasteiger partial charge is 0.478 e. The molecule has 0 heterocycles. The van der Waals surface area contributed by atoms with Crippen molar-refractivity contribution in [3.8, 4) is 0 Å². The largest absolute Gasteiger partial charge is 1.00 e. The van der Waals surface area contributed by atoms with E-state index in [4.69, 9.17) is 15.3 Å².